The Bertz CT molecular complexity index is 351. The maximum Gasteiger partial charge on any atom is 0.290 e. The average molecular weight is 230 g/mol. The second kappa shape index (κ2) is 5.75. The van der Waals surface area contributed by atoms with Crippen LogP contribution in [0.1, 0.15) is 20.3 Å². The smallest absolute Gasteiger partial charge is 0.290 e. The number of nitrogens with one attached hydrogen (secondary N) is 2. The molecule has 0 amide bonds. The summed E-state index contributed by atoms with van der Waals surface area (Å²) in [5, 5.41) is 3.04. The fraction of sp³-hybridized carbons (Fsp3) is 0.600. The lowest BCUT2D eigenvalue weighted by Crippen LogP contribution is -2.28. The van der Waals surface area contributed by atoms with Gasteiger partial charge in [-0.15, -0.1) is 11.6 Å². The second-order valence-electron chi connectivity index (χ2n) is 3.89. The van der Waals surface area contributed by atoms with Crippen LogP contribution in [0.3, 0.4) is 0 Å². The fourth-order valence-corrected chi connectivity index (χ4v) is 1.58. The Morgan fingerprint density at radius 2 is 2.33 bits per heavy atom. The van der Waals surface area contributed by atoms with Crippen LogP contribution in [0.25, 0.3) is 0 Å². The zero-order valence-corrected chi connectivity index (χ0v) is 9.71. The number of hydrogen-bond donors (Lipinski definition) is 2. The zero-order chi connectivity index (χ0) is 11.3. The van der Waals surface area contributed by atoms with Gasteiger partial charge in [-0.3, -0.25) is 4.79 Å². The third-order valence-corrected chi connectivity index (χ3v) is 2.36. The summed E-state index contributed by atoms with van der Waals surface area (Å²) >= 11 is 5.81. The van der Waals surface area contributed by atoms with Crippen molar-refractivity contribution >= 4 is 17.4 Å². The average Bonchev–Trinajstić information content (AvgIpc) is 2.19. The number of hydrogen-bond acceptors (Lipinski definition) is 3. The lowest BCUT2D eigenvalue weighted by Gasteiger charge is -2.17. The number of aromatic nitrogens is 2. The first-order chi connectivity index (χ1) is 7.13. The molecule has 2 N–H and O–H groups in total. The number of nitrogens with zero attached hydrogens (tertiary/aromatic N) is 1. The molecular weight excluding hydrogens is 214 g/mol. The largest absolute Gasteiger partial charge is 0.362 e. The lowest BCUT2D eigenvalue weighted by atomic mass is 10.1. The van der Waals surface area contributed by atoms with Crippen molar-refractivity contribution in [2.24, 2.45) is 5.92 Å². The summed E-state index contributed by atoms with van der Waals surface area (Å²) in [6, 6.07) is 0.0858. The quantitative estimate of drug-likeness (QED) is 0.758. The molecule has 1 atom stereocenters. The molecule has 0 radical (unpaired) electrons. The molecule has 0 aromatic carbocycles. The van der Waals surface area contributed by atoms with Crippen molar-refractivity contribution in [3.63, 3.8) is 0 Å². The highest BCUT2D eigenvalue weighted by molar-refractivity contribution is 6.18. The predicted molar refractivity (Wildman–Crippen MR) is 62.4 cm³/mol. The maximum absolute atomic E-state index is 11.3. The highest BCUT2D eigenvalue weighted by Crippen LogP contribution is 2.09. The fourth-order valence-electron chi connectivity index (χ4n) is 1.38. The molecule has 0 saturated carbocycles. The van der Waals surface area contributed by atoms with E-state index in [1.165, 1.54) is 6.20 Å². The monoisotopic (exact) mass is 229 g/mol. The first kappa shape index (κ1) is 12.0. The van der Waals surface area contributed by atoms with Gasteiger partial charge in [0.25, 0.3) is 5.56 Å². The number of alkyl halides is 1. The molecule has 0 saturated heterocycles. The summed E-state index contributed by atoms with van der Waals surface area (Å²) in [6.07, 6.45) is 3.97. The molecule has 1 aromatic rings. The standard InChI is InChI=1S/C10H16ClN3O/c1-7(2)5-8(6-11)14-9-10(15)13-4-3-12-9/h3-4,7-8H,5-6H2,1-2H3,(H,12,14)(H,13,15). The van der Waals surface area contributed by atoms with Crippen LogP contribution in [0.15, 0.2) is 17.2 Å². The van der Waals surface area contributed by atoms with E-state index in [4.69, 9.17) is 11.6 Å². The molecule has 1 heterocycles. The van der Waals surface area contributed by atoms with Crippen LogP contribution < -0.4 is 10.9 Å². The summed E-state index contributed by atoms with van der Waals surface area (Å²) in [5.41, 5.74) is -0.212. The Morgan fingerprint density at radius 1 is 1.60 bits per heavy atom. The molecule has 5 heteroatoms. The van der Waals surface area contributed by atoms with Gasteiger partial charge in [0.1, 0.15) is 0 Å². The van der Waals surface area contributed by atoms with E-state index in [9.17, 15) is 4.79 Å². The van der Waals surface area contributed by atoms with Crippen molar-refractivity contribution in [1.29, 1.82) is 0 Å². The molecular formula is C10H16ClN3O. The van der Waals surface area contributed by atoms with Crippen LogP contribution in [0, 0.1) is 5.92 Å². The van der Waals surface area contributed by atoms with Crippen molar-refractivity contribution in [3.8, 4) is 0 Å². The van der Waals surface area contributed by atoms with E-state index in [0.29, 0.717) is 17.6 Å². The summed E-state index contributed by atoms with van der Waals surface area (Å²) < 4.78 is 0. The molecule has 0 aliphatic heterocycles. The predicted octanol–water partition coefficient (Wildman–Crippen LogP) is 1.84. The van der Waals surface area contributed by atoms with E-state index in [1.807, 2.05) is 0 Å². The number of rotatable bonds is 5. The molecule has 15 heavy (non-hydrogen) atoms. The molecule has 1 rings (SSSR count). The Morgan fingerprint density at radius 3 is 2.87 bits per heavy atom. The molecule has 0 fully saturated rings. The molecule has 4 nitrogen and oxygen atoms in total. The van der Waals surface area contributed by atoms with Gasteiger partial charge in [0.2, 0.25) is 0 Å². The SMILES string of the molecule is CC(C)CC(CCl)Nc1ncc[nH]c1=O. The molecule has 1 unspecified atom stereocenters. The normalized spacial score (nSPS) is 12.8. The van der Waals surface area contributed by atoms with Crippen LogP contribution in [0.5, 0.6) is 0 Å². The Kier molecular flexibility index (Phi) is 4.62. The zero-order valence-electron chi connectivity index (χ0n) is 8.96. The molecule has 0 bridgehead atoms. The number of aromatic amines is 1. The van der Waals surface area contributed by atoms with Gasteiger partial charge in [-0.1, -0.05) is 13.8 Å². The lowest BCUT2D eigenvalue weighted by molar-refractivity contribution is 0.541. The van der Waals surface area contributed by atoms with Gasteiger partial charge in [-0.05, 0) is 12.3 Å². The van der Waals surface area contributed by atoms with E-state index < -0.39 is 0 Å². The van der Waals surface area contributed by atoms with E-state index in [-0.39, 0.29) is 11.6 Å². The Hall–Kier alpha value is -1.03. The van der Waals surface area contributed by atoms with Crippen molar-refractivity contribution in [3.05, 3.63) is 22.7 Å². The molecule has 0 aliphatic carbocycles. The minimum absolute atomic E-state index is 0.0858. The van der Waals surface area contributed by atoms with Gasteiger partial charge in [0.15, 0.2) is 5.82 Å². The first-order valence-electron chi connectivity index (χ1n) is 4.99. The van der Waals surface area contributed by atoms with Crippen LogP contribution in [0.4, 0.5) is 5.82 Å². The number of H-pyrrole nitrogens is 1. The molecule has 0 spiro atoms. The minimum atomic E-state index is -0.212. The minimum Gasteiger partial charge on any atom is -0.362 e. The van der Waals surface area contributed by atoms with Gasteiger partial charge in [0.05, 0.1) is 0 Å². The van der Waals surface area contributed by atoms with Gasteiger partial charge in [-0.2, -0.15) is 0 Å². The van der Waals surface area contributed by atoms with Crippen molar-refractivity contribution in [2.75, 3.05) is 11.2 Å². The van der Waals surface area contributed by atoms with E-state index in [1.54, 1.807) is 6.20 Å². The summed E-state index contributed by atoms with van der Waals surface area (Å²) in [7, 11) is 0. The van der Waals surface area contributed by atoms with E-state index >= 15 is 0 Å². The third kappa shape index (κ3) is 3.91. The van der Waals surface area contributed by atoms with Crippen LogP contribution in [-0.4, -0.2) is 21.9 Å². The van der Waals surface area contributed by atoms with Crippen molar-refractivity contribution in [1.82, 2.24) is 9.97 Å². The molecule has 0 aliphatic rings. The van der Waals surface area contributed by atoms with Gasteiger partial charge in [-0.25, -0.2) is 4.98 Å². The van der Waals surface area contributed by atoms with E-state index in [2.05, 4.69) is 29.1 Å². The van der Waals surface area contributed by atoms with Crippen LogP contribution in [-0.2, 0) is 0 Å². The number of halogens is 1. The maximum atomic E-state index is 11.3. The van der Waals surface area contributed by atoms with E-state index in [0.717, 1.165) is 6.42 Å². The van der Waals surface area contributed by atoms with Crippen LogP contribution in [0.2, 0.25) is 0 Å². The summed E-state index contributed by atoms with van der Waals surface area (Å²) in [5.74, 6) is 1.33. The van der Waals surface area contributed by atoms with Crippen LogP contribution >= 0.6 is 11.6 Å². The van der Waals surface area contributed by atoms with Crippen molar-refractivity contribution < 1.29 is 0 Å². The summed E-state index contributed by atoms with van der Waals surface area (Å²) in [4.78, 5) is 17.9. The highest BCUT2D eigenvalue weighted by atomic mass is 35.5. The summed E-state index contributed by atoms with van der Waals surface area (Å²) in [6.45, 7) is 4.23. The second-order valence-corrected chi connectivity index (χ2v) is 4.20. The van der Waals surface area contributed by atoms with Gasteiger partial charge < -0.3 is 10.3 Å². The Labute approximate surface area is 94.1 Å². The third-order valence-electron chi connectivity index (χ3n) is 1.99. The Balaban J connectivity index is 2.67. The van der Waals surface area contributed by atoms with Crippen molar-refractivity contribution in [2.45, 2.75) is 26.3 Å². The first-order valence-corrected chi connectivity index (χ1v) is 5.53. The topological polar surface area (TPSA) is 57.8 Å². The van der Waals surface area contributed by atoms with Gasteiger partial charge >= 0.3 is 0 Å². The molecule has 84 valence electrons. The highest BCUT2D eigenvalue weighted by Gasteiger charge is 2.11. The number of anilines is 1. The van der Waals surface area contributed by atoms with Gasteiger partial charge in [0, 0.05) is 24.3 Å². The molecule has 1 aromatic heterocycles.